The molecule has 6 nitrogen and oxygen atoms in total. The van der Waals surface area contributed by atoms with E-state index >= 15 is 0 Å². The second kappa shape index (κ2) is 10.1. The van der Waals surface area contributed by atoms with E-state index in [0.29, 0.717) is 52.9 Å². The molecule has 3 heterocycles. The van der Waals surface area contributed by atoms with Crippen LogP contribution in [0.3, 0.4) is 0 Å². The van der Waals surface area contributed by atoms with Crippen LogP contribution in [0.2, 0.25) is 10.0 Å². The SMILES string of the molecule is CN1CCC(N)=C(C2=NCCCc3c2noc3C(F)(F)F)C1.O=Cc1ccc(Cl)c(Cl)c1. The summed E-state index contributed by atoms with van der Waals surface area (Å²) in [6.45, 7) is 1.84. The molecule has 0 bridgehead atoms. The molecule has 11 heteroatoms. The molecule has 0 saturated heterocycles. The quantitative estimate of drug-likeness (QED) is 0.614. The van der Waals surface area contributed by atoms with E-state index in [2.05, 4.69) is 19.6 Å². The van der Waals surface area contributed by atoms with Gasteiger partial charge in [0, 0.05) is 48.5 Å². The molecule has 2 aliphatic heterocycles. The van der Waals surface area contributed by atoms with Gasteiger partial charge in [-0.15, -0.1) is 0 Å². The molecule has 2 aliphatic rings. The molecule has 0 radical (unpaired) electrons. The van der Waals surface area contributed by atoms with Crippen molar-refractivity contribution < 1.29 is 22.5 Å². The van der Waals surface area contributed by atoms with Crippen LogP contribution < -0.4 is 5.73 Å². The first kappa shape index (κ1) is 24.3. The van der Waals surface area contributed by atoms with Gasteiger partial charge in [0.2, 0.25) is 5.76 Å². The molecule has 172 valence electrons. The molecule has 0 spiro atoms. The molecular weight excluding hydrogens is 468 g/mol. The topological polar surface area (TPSA) is 84.7 Å². The van der Waals surface area contributed by atoms with Crippen LogP contribution in [-0.4, -0.2) is 48.7 Å². The number of aldehydes is 1. The van der Waals surface area contributed by atoms with Crippen LogP contribution in [0, 0.1) is 0 Å². The third kappa shape index (κ3) is 5.51. The fraction of sp³-hybridized carbons (Fsp3) is 0.381. The van der Waals surface area contributed by atoms with Crippen molar-refractivity contribution in [2.75, 3.05) is 26.7 Å². The average Bonchev–Trinajstić information content (AvgIpc) is 3.07. The van der Waals surface area contributed by atoms with Crippen LogP contribution >= 0.6 is 23.2 Å². The number of rotatable bonds is 2. The minimum absolute atomic E-state index is 0.0947. The number of nitrogens with two attached hydrogens (primary N) is 1. The van der Waals surface area contributed by atoms with E-state index in [1.165, 1.54) is 6.07 Å². The van der Waals surface area contributed by atoms with E-state index in [1.54, 1.807) is 12.1 Å². The van der Waals surface area contributed by atoms with Crippen molar-refractivity contribution in [1.29, 1.82) is 0 Å². The van der Waals surface area contributed by atoms with Gasteiger partial charge < -0.3 is 15.2 Å². The highest BCUT2D eigenvalue weighted by atomic mass is 35.5. The summed E-state index contributed by atoms with van der Waals surface area (Å²) in [7, 11) is 1.94. The molecule has 4 rings (SSSR count). The van der Waals surface area contributed by atoms with Crippen molar-refractivity contribution in [2.45, 2.75) is 25.4 Å². The average molecular weight is 489 g/mol. The highest BCUT2D eigenvalue weighted by Crippen LogP contribution is 2.36. The van der Waals surface area contributed by atoms with Crippen LogP contribution in [0.15, 0.2) is 39.0 Å². The molecule has 0 atom stereocenters. The van der Waals surface area contributed by atoms with Crippen LogP contribution in [-0.2, 0) is 12.6 Å². The minimum Gasteiger partial charge on any atom is -0.402 e. The Kier molecular flexibility index (Phi) is 7.63. The van der Waals surface area contributed by atoms with Gasteiger partial charge in [-0.25, -0.2) is 0 Å². The Morgan fingerprint density at radius 2 is 1.97 bits per heavy atom. The van der Waals surface area contributed by atoms with Crippen LogP contribution in [0.1, 0.15) is 40.2 Å². The summed E-state index contributed by atoms with van der Waals surface area (Å²) in [5, 5.41) is 4.54. The first-order valence-electron chi connectivity index (χ1n) is 9.79. The number of carbonyl (C=O) groups excluding carboxylic acids is 1. The molecule has 0 saturated carbocycles. The van der Waals surface area contributed by atoms with Crippen LogP contribution in [0.5, 0.6) is 0 Å². The predicted molar refractivity (Wildman–Crippen MR) is 116 cm³/mol. The summed E-state index contributed by atoms with van der Waals surface area (Å²) in [4.78, 5) is 16.7. The van der Waals surface area contributed by atoms with Crippen molar-refractivity contribution >= 4 is 35.2 Å². The number of fused-ring (bicyclic) bond motifs is 1. The highest BCUT2D eigenvalue weighted by molar-refractivity contribution is 6.42. The molecule has 0 aliphatic carbocycles. The van der Waals surface area contributed by atoms with E-state index in [9.17, 15) is 18.0 Å². The molecule has 2 aromatic rings. The maximum atomic E-state index is 13.0. The second-order valence-electron chi connectivity index (χ2n) is 7.45. The fourth-order valence-electron chi connectivity index (χ4n) is 3.44. The van der Waals surface area contributed by atoms with Gasteiger partial charge in [0.1, 0.15) is 12.0 Å². The molecule has 2 N–H and O–H groups in total. The highest BCUT2D eigenvalue weighted by Gasteiger charge is 2.41. The number of benzene rings is 1. The van der Waals surface area contributed by atoms with Crippen LogP contribution in [0.4, 0.5) is 13.2 Å². The molecule has 0 amide bonds. The summed E-state index contributed by atoms with van der Waals surface area (Å²) < 4.78 is 43.7. The normalized spacial score (nSPS) is 17.1. The Labute approximate surface area is 192 Å². The Bertz CT molecular complexity index is 1060. The van der Waals surface area contributed by atoms with Crippen molar-refractivity contribution in [3.63, 3.8) is 0 Å². The Balaban J connectivity index is 0.000000243. The van der Waals surface area contributed by atoms with Gasteiger partial charge >= 0.3 is 6.18 Å². The van der Waals surface area contributed by atoms with Gasteiger partial charge in [-0.2, -0.15) is 13.2 Å². The van der Waals surface area contributed by atoms with E-state index in [0.717, 1.165) is 18.4 Å². The summed E-state index contributed by atoms with van der Waals surface area (Å²) in [6.07, 6.45) is -2.36. The maximum Gasteiger partial charge on any atom is 0.452 e. The molecule has 0 fully saturated rings. The van der Waals surface area contributed by atoms with Gasteiger partial charge in [-0.1, -0.05) is 34.4 Å². The standard InChI is InChI=1S/C14H17F3N4O.C7H4Cl2O/c1-21-6-4-10(18)9(7-21)11-12-8(3-2-5-19-11)13(22-20-12)14(15,16)17;8-6-2-1-5(4-10)3-7(6)9/h2-7,18H2,1H3;1-4H. The zero-order valence-electron chi connectivity index (χ0n) is 17.2. The molecule has 1 aromatic carbocycles. The summed E-state index contributed by atoms with van der Waals surface area (Å²) in [5.74, 6) is -1.01. The number of carbonyl (C=O) groups is 1. The molecule has 0 unspecified atom stereocenters. The number of halogens is 5. The van der Waals surface area contributed by atoms with Gasteiger partial charge in [-0.3, -0.25) is 9.79 Å². The Morgan fingerprint density at radius 3 is 2.62 bits per heavy atom. The monoisotopic (exact) mass is 488 g/mol. The van der Waals surface area contributed by atoms with Gasteiger partial charge in [0.25, 0.3) is 0 Å². The largest absolute Gasteiger partial charge is 0.452 e. The van der Waals surface area contributed by atoms with E-state index in [1.807, 2.05) is 7.05 Å². The lowest BCUT2D eigenvalue weighted by atomic mass is 9.96. The smallest absolute Gasteiger partial charge is 0.402 e. The van der Waals surface area contributed by atoms with Crippen molar-refractivity contribution in [3.05, 3.63) is 62.1 Å². The second-order valence-corrected chi connectivity index (χ2v) is 8.27. The summed E-state index contributed by atoms with van der Waals surface area (Å²) >= 11 is 11.2. The number of likely N-dealkylation sites (N-methyl/N-ethyl adjacent to an activating group) is 1. The number of aromatic nitrogens is 1. The lowest BCUT2D eigenvalue weighted by Gasteiger charge is -2.26. The zero-order valence-corrected chi connectivity index (χ0v) is 18.7. The Morgan fingerprint density at radius 1 is 1.22 bits per heavy atom. The van der Waals surface area contributed by atoms with Crippen LogP contribution in [0.25, 0.3) is 0 Å². The predicted octanol–water partition coefficient (Wildman–Crippen LogP) is 4.78. The first-order chi connectivity index (χ1) is 15.1. The molecule has 1 aromatic heterocycles. The van der Waals surface area contributed by atoms with Crippen molar-refractivity contribution in [2.24, 2.45) is 10.7 Å². The number of hydrogen-bond acceptors (Lipinski definition) is 6. The third-order valence-corrected chi connectivity index (χ3v) is 5.81. The van der Waals surface area contributed by atoms with Gasteiger partial charge in [0.15, 0.2) is 0 Å². The van der Waals surface area contributed by atoms with Crippen molar-refractivity contribution in [1.82, 2.24) is 10.1 Å². The van der Waals surface area contributed by atoms with Gasteiger partial charge in [-0.05, 0) is 32.0 Å². The fourth-order valence-corrected chi connectivity index (χ4v) is 3.74. The molecular formula is C21H21Cl2F3N4O2. The number of nitrogens with zero attached hydrogens (tertiary/aromatic N) is 3. The van der Waals surface area contributed by atoms with E-state index in [4.69, 9.17) is 28.9 Å². The number of hydrogen-bond donors (Lipinski definition) is 1. The third-order valence-electron chi connectivity index (χ3n) is 5.07. The summed E-state index contributed by atoms with van der Waals surface area (Å²) in [5.41, 5.74) is 8.77. The van der Waals surface area contributed by atoms with E-state index in [-0.39, 0.29) is 17.7 Å². The Hall–Kier alpha value is -2.36. The maximum absolute atomic E-state index is 13.0. The number of alkyl halides is 3. The van der Waals surface area contributed by atoms with Crippen molar-refractivity contribution in [3.8, 4) is 0 Å². The lowest BCUT2D eigenvalue weighted by molar-refractivity contribution is -0.156. The minimum atomic E-state index is -4.54. The van der Waals surface area contributed by atoms with E-state index < -0.39 is 11.9 Å². The first-order valence-corrected chi connectivity index (χ1v) is 10.5. The summed E-state index contributed by atoms with van der Waals surface area (Å²) in [6, 6.07) is 4.73. The van der Waals surface area contributed by atoms with Gasteiger partial charge in [0.05, 0.1) is 15.8 Å². The number of aliphatic imine (C=N–C) groups is 1. The zero-order chi connectivity index (χ0) is 23.5. The molecule has 32 heavy (non-hydrogen) atoms. The lowest BCUT2D eigenvalue weighted by Crippen LogP contribution is -2.33.